The van der Waals surface area contributed by atoms with Gasteiger partial charge in [-0.05, 0) is 18.4 Å². The van der Waals surface area contributed by atoms with Gasteiger partial charge in [-0.25, -0.2) is 0 Å². The standard InChI is InChI=1S/C19H24N4O2/c1-22(14-16-7-3-2-4-8-16)15-17(13-20)19(25)21-10-6-12-23-11-5-9-18(23)24/h2-4,7-8,15H,5-6,9-12,14H2,1H3,(H,21,25)/b17-15-. The van der Waals surface area contributed by atoms with Crippen molar-refractivity contribution < 1.29 is 9.59 Å². The molecule has 1 fully saturated rings. The van der Waals surface area contributed by atoms with Crippen molar-refractivity contribution in [3.8, 4) is 6.07 Å². The maximum Gasteiger partial charge on any atom is 0.263 e. The van der Waals surface area contributed by atoms with Gasteiger partial charge in [-0.3, -0.25) is 9.59 Å². The van der Waals surface area contributed by atoms with E-state index in [9.17, 15) is 14.9 Å². The van der Waals surface area contributed by atoms with E-state index >= 15 is 0 Å². The van der Waals surface area contributed by atoms with Gasteiger partial charge in [-0.2, -0.15) is 5.26 Å². The minimum Gasteiger partial charge on any atom is -0.375 e. The average Bonchev–Trinajstić information content (AvgIpc) is 3.02. The van der Waals surface area contributed by atoms with E-state index in [-0.39, 0.29) is 17.4 Å². The van der Waals surface area contributed by atoms with Gasteiger partial charge in [0.2, 0.25) is 5.91 Å². The molecule has 25 heavy (non-hydrogen) atoms. The lowest BCUT2D eigenvalue weighted by Crippen LogP contribution is -2.31. The lowest BCUT2D eigenvalue weighted by atomic mass is 10.2. The number of carbonyl (C=O) groups excluding carboxylic acids is 2. The van der Waals surface area contributed by atoms with Crippen molar-refractivity contribution in [1.29, 1.82) is 5.26 Å². The number of hydrogen-bond donors (Lipinski definition) is 1. The zero-order valence-corrected chi connectivity index (χ0v) is 14.6. The Labute approximate surface area is 148 Å². The van der Waals surface area contributed by atoms with Crippen LogP contribution in [0.2, 0.25) is 0 Å². The minimum absolute atomic E-state index is 0.0793. The summed E-state index contributed by atoms with van der Waals surface area (Å²) in [6.45, 7) is 2.53. The molecular weight excluding hydrogens is 316 g/mol. The van der Waals surface area contributed by atoms with Crippen LogP contribution < -0.4 is 5.32 Å². The third-order valence-electron chi connectivity index (χ3n) is 4.05. The second-order valence-electron chi connectivity index (χ2n) is 6.15. The number of amides is 2. The number of hydrogen-bond acceptors (Lipinski definition) is 4. The smallest absolute Gasteiger partial charge is 0.263 e. The molecule has 1 aliphatic heterocycles. The van der Waals surface area contributed by atoms with Crippen LogP contribution in [0.1, 0.15) is 24.8 Å². The summed E-state index contributed by atoms with van der Waals surface area (Å²) in [5.41, 5.74) is 1.19. The molecule has 0 unspecified atom stereocenters. The number of benzene rings is 1. The Morgan fingerprint density at radius 3 is 2.80 bits per heavy atom. The summed E-state index contributed by atoms with van der Waals surface area (Å²) in [6, 6.07) is 11.8. The highest BCUT2D eigenvalue weighted by Gasteiger charge is 2.19. The van der Waals surface area contributed by atoms with Gasteiger partial charge in [0.1, 0.15) is 11.6 Å². The van der Waals surface area contributed by atoms with Crippen LogP contribution in [0.5, 0.6) is 0 Å². The maximum atomic E-state index is 12.1. The highest BCUT2D eigenvalue weighted by atomic mass is 16.2. The van der Waals surface area contributed by atoms with Crippen molar-refractivity contribution in [2.45, 2.75) is 25.8 Å². The molecule has 2 amide bonds. The maximum absolute atomic E-state index is 12.1. The summed E-state index contributed by atoms with van der Waals surface area (Å²) in [5, 5.41) is 12.0. The number of nitrogens with zero attached hydrogens (tertiary/aromatic N) is 3. The first-order valence-corrected chi connectivity index (χ1v) is 8.52. The molecule has 132 valence electrons. The van der Waals surface area contributed by atoms with E-state index in [1.807, 2.05) is 53.2 Å². The predicted octanol–water partition coefficient (Wildman–Crippen LogP) is 1.65. The number of nitrogens with one attached hydrogen (secondary N) is 1. The molecule has 0 aliphatic carbocycles. The van der Waals surface area contributed by atoms with E-state index < -0.39 is 0 Å². The zero-order chi connectivity index (χ0) is 18.1. The van der Waals surface area contributed by atoms with Gasteiger partial charge in [0.15, 0.2) is 0 Å². The van der Waals surface area contributed by atoms with Gasteiger partial charge in [-0.15, -0.1) is 0 Å². The number of carbonyl (C=O) groups is 2. The first kappa shape index (κ1) is 18.5. The first-order chi connectivity index (χ1) is 12.1. The Hall–Kier alpha value is -2.81. The van der Waals surface area contributed by atoms with Crippen LogP contribution in [0.4, 0.5) is 0 Å². The summed E-state index contributed by atoms with van der Waals surface area (Å²) in [4.78, 5) is 27.3. The van der Waals surface area contributed by atoms with E-state index in [1.54, 1.807) is 6.20 Å². The fourth-order valence-corrected chi connectivity index (χ4v) is 2.78. The topological polar surface area (TPSA) is 76.4 Å². The van der Waals surface area contributed by atoms with Gasteiger partial charge in [0.25, 0.3) is 5.91 Å². The van der Waals surface area contributed by atoms with Crippen molar-refractivity contribution in [2.24, 2.45) is 0 Å². The number of rotatable bonds is 8. The van der Waals surface area contributed by atoms with Crippen molar-refractivity contribution in [3.63, 3.8) is 0 Å². The SMILES string of the molecule is CN(/C=C(/C#N)C(=O)NCCCN1CCCC1=O)Cc1ccccc1. The van der Waals surface area contributed by atoms with Crippen LogP contribution >= 0.6 is 0 Å². The third-order valence-corrected chi connectivity index (χ3v) is 4.05. The van der Waals surface area contributed by atoms with Crippen LogP contribution in [0.15, 0.2) is 42.1 Å². The van der Waals surface area contributed by atoms with E-state index in [4.69, 9.17) is 0 Å². The van der Waals surface area contributed by atoms with Gasteiger partial charge in [0.05, 0.1) is 0 Å². The predicted molar refractivity (Wildman–Crippen MR) is 95.0 cm³/mol. The van der Waals surface area contributed by atoms with Crippen molar-refractivity contribution in [3.05, 3.63) is 47.7 Å². The largest absolute Gasteiger partial charge is 0.375 e. The van der Waals surface area contributed by atoms with Gasteiger partial charge in [0, 0.05) is 45.8 Å². The van der Waals surface area contributed by atoms with Crippen LogP contribution in [-0.4, -0.2) is 48.3 Å². The van der Waals surface area contributed by atoms with Gasteiger partial charge >= 0.3 is 0 Å². The summed E-state index contributed by atoms with van der Waals surface area (Å²) in [7, 11) is 1.83. The fourth-order valence-electron chi connectivity index (χ4n) is 2.78. The van der Waals surface area contributed by atoms with Crippen LogP contribution in [0.25, 0.3) is 0 Å². The Bertz CT molecular complexity index is 664. The zero-order valence-electron chi connectivity index (χ0n) is 14.6. The summed E-state index contributed by atoms with van der Waals surface area (Å²) in [5.74, 6) is -0.193. The monoisotopic (exact) mass is 340 g/mol. The van der Waals surface area contributed by atoms with Crippen molar-refractivity contribution in [1.82, 2.24) is 15.1 Å². The van der Waals surface area contributed by atoms with Crippen LogP contribution in [0.3, 0.4) is 0 Å². The average molecular weight is 340 g/mol. The van der Waals surface area contributed by atoms with Gasteiger partial charge < -0.3 is 15.1 Å². The van der Waals surface area contributed by atoms with Crippen LogP contribution in [0, 0.1) is 11.3 Å². The molecule has 6 heteroatoms. The minimum atomic E-state index is -0.379. The van der Waals surface area contributed by atoms with Crippen molar-refractivity contribution in [2.75, 3.05) is 26.7 Å². The molecule has 1 N–H and O–H groups in total. The number of likely N-dealkylation sites (tertiary alicyclic amines) is 1. The molecular formula is C19H24N4O2. The molecule has 0 aromatic heterocycles. The molecule has 1 aromatic carbocycles. The fraction of sp³-hybridized carbons (Fsp3) is 0.421. The second-order valence-corrected chi connectivity index (χ2v) is 6.15. The quantitative estimate of drug-likeness (QED) is 0.443. The molecule has 6 nitrogen and oxygen atoms in total. The summed E-state index contributed by atoms with van der Waals surface area (Å²) >= 11 is 0. The molecule has 0 spiro atoms. The highest BCUT2D eigenvalue weighted by Crippen LogP contribution is 2.09. The van der Waals surface area contributed by atoms with Gasteiger partial charge in [-0.1, -0.05) is 30.3 Å². The molecule has 0 saturated carbocycles. The summed E-state index contributed by atoms with van der Waals surface area (Å²) in [6.07, 6.45) is 3.80. The van der Waals surface area contributed by atoms with E-state index in [0.29, 0.717) is 32.5 Å². The van der Waals surface area contributed by atoms with E-state index in [2.05, 4.69) is 5.32 Å². The molecule has 0 bridgehead atoms. The van der Waals surface area contributed by atoms with E-state index in [0.717, 1.165) is 18.5 Å². The van der Waals surface area contributed by atoms with E-state index in [1.165, 1.54) is 0 Å². The molecule has 1 heterocycles. The molecule has 1 saturated heterocycles. The lowest BCUT2D eigenvalue weighted by molar-refractivity contribution is -0.127. The molecule has 0 radical (unpaired) electrons. The Kier molecular flexibility index (Phi) is 7.02. The number of nitriles is 1. The van der Waals surface area contributed by atoms with Crippen LogP contribution in [-0.2, 0) is 16.1 Å². The second kappa shape index (κ2) is 9.48. The first-order valence-electron chi connectivity index (χ1n) is 8.52. The Morgan fingerprint density at radius 2 is 2.16 bits per heavy atom. The third kappa shape index (κ3) is 5.96. The normalized spacial score (nSPS) is 14.3. The molecule has 0 atom stereocenters. The Morgan fingerprint density at radius 1 is 1.40 bits per heavy atom. The highest BCUT2D eigenvalue weighted by molar-refractivity contribution is 5.97. The lowest BCUT2D eigenvalue weighted by Gasteiger charge is -2.16. The van der Waals surface area contributed by atoms with Crippen molar-refractivity contribution >= 4 is 11.8 Å². The molecule has 1 aromatic rings. The summed E-state index contributed by atoms with van der Waals surface area (Å²) < 4.78 is 0. The molecule has 2 rings (SSSR count). The molecule has 1 aliphatic rings. The Balaban J connectivity index is 1.77.